The number of carbonyl (C=O) groups is 16. The zero-order valence-electron chi connectivity index (χ0n) is 80.0. The molecular formula is C96H137BrN26O17. The summed E-state index contributed by atoms with van der Waals surface area (Å²) in [5, 5.41) is 64.8. The van der Waals surface area contributed by atoms with Crippen LogP contribution in [0.5, 0.6) is 0 Å². The number of carboxylic acid groups (broad SMARTS) is 1. The van der Waals surface area contributed by atoms with Crippen molar-refractivity contribution < 1.29 is 81.8 Å². The third kappa shape index (κ3) is 32.3. The molecule has 0 spiro atoms. The summed E-state index contributed by atoms with van der Waals surface area (Å²) >= 11 is 3.48. The van der Waals surface area contributed by atoms with Gasteiger partial charge in [-0.15, -0.1) is 0 Å². The van der Waals surface area contributed by atoms with Gasteiger partial charge in [0.25, 0.3) is 0 Å². The fourth-order valence-electron chi connectivity index (χ4n) is 18.6. The van der Waals surface area contributed by atoms with Crippen molar-refractivity contribution in [2.45, 2.75) is 267 Å². The molecule has 0 unspecified atom stereocenters. The number of H-pyrrole nitrogens is 2. The number of carbonyl (C=O) groups excluding carboxylic acids is 15. The van der Waals surface area contributed by atoms with Crippen LogP contribution >= 0.6 is 15.9 Å². The second kappa shape index (κ2) is 53.1. The summed E-state index contributed by atoms with van der Waals surface area (Å²) in [6.45, 7) is 8.70. The number of fused-ring (bicyclic) bond motifs is 1. The number of piperidine rings is 1. The van der Waals surface area contributed by atoms with Crippen LogP contribution in [0.2, 0.25) is 0 Å². The molecular weight excluding hydrogens is 1870 g/mol. The van der Waals surface area contributed by atoms with Gasteiger partial charge in [-0.2, -0.15) is 0 Å². The number of nitrogens with zero attached hydrogens (tertiary/aromatic N) is 5. The molecule has 25 N–H and O–H groups in total. The van der Waals surface area contributed by atoms with E-state index in [1.54, 1.807) is 44.3 Å². The number of likely N-dealkylation sites (tertiary alicyclic amines) is 3. The summed E-state index contributed by atoms with van der Waals surface area (Å²) in [5.74, 6) is -14.0. The van der Waals surface area contributed by atoms with Crippen LogP contribution in [0, 0.1) is 34.0 Å². The Labute approximate surface area is 821 Å². The molecule has 2 aromatic heterocycles. The number of carboxylic acids is 1. The fraction of sp³-hybridized carbons (Fsp3) is 0.562. The number of guanidine groups is 2. The predicted molar refractivity (Wildman–Crippen MR) is 520 cm³/mol. The van der Waals surface area contributed by atoms with E-state index in [0.29, 0.717) is 74.9 Å². The topological polar surface area (TPSA) is 655 Å². The van der Waals surface area contributed by atoms with Crippen LogP contribution in [-0.2, 0) is 102 Å². The van der Waals surface area contributed by atoms with Gasteiger partial charge in [-0.05, 0) is 195 Å². The van der Waals surface area contributed by atoms with Crippen LogP contribution in [0.3, 0.4) is 0 Å². The van der Waals surface area contributed by atoms with E-state index < -0.39 is 192 Å². The van der Waals surface area contributed by atoms with E-state index in [-0.39, 0.29) is 152 Å². The first-order chi connectivity index (χ1) is 66.9. The van der Waals surface area contributed by atoms with Gasteiger partial charge in [-0.1, -0.05) is 109 Å². The second-order valence-corrected chi connectivity index (χ2v) is 38.7. The Morgan fingerprint density at radius 2 is 1.09 bits per heavy atom. The van der Waals surface area contributed by atoms with Crippen molar-refractivity contribution >= 4 is 122 Å². The molecule has 10 rings (SSSR count). The number of aliphatic carboxylic acids is 1. The first-order valence-electron chi connectivity index (χ1n) is 48.3. The van der Waals surface area contributed by atoms with Crippen molar-refractivity contribution in [3.8, 4) is 11.1 Å². The summed E-state index contributed by atoms with van der Waals surface area (Å²) < 4.78 is 0.757. The van der Waals surface area contributed by atoms with Crippen molar-refractivity contribution in [1.82, 2.24) is 109 Å². The van der Waals surface area contributed by atoms with Crippen LogP contribution < -0.4 is 91.6 Å². The number of nitrogens with one attached hydrogen (secondary N) is 18. The molecule has 0 radical (unpaired) electrons. The highest BCUT2D eigenvalue weighted by Crippen LogP contribution is 2.40. The lowest BCUT2D eigenvalue weighted by Gasteiger charge is -2.35. The maximum Gasteiger partial charge on any atom is 0.326 e. The van der Waals surface area contributed by atoms with Gasteiger partial charge >= 0.3 is 5.97 Å². The zero-order valence-corrected chi connectivity index (χ0v) is 81.6. The average Bonchev–Trinajstić information content (AvgIpc) is 1.62. The monoisotopic (exact) mass is 2000 g/mol. The lowest BCUT2D eigenvalue weighted by molar-refractivity contribution is -0.145. The Kier molecular flexibility index (Phi) is 41.2. The minimum Gasteiger partial charge on any atom is -0.480 e. The molecule has 1 aliphatic carbocycles. The van der Waals surface area contributed by atoms with Crippen molar-refractivity contribution in [1.29, 1.82) is 10.8 Å². The summed E-state index contributed by atoms with van der Waals surface area (Å²) in [4.78, 5) is 249. The highest BCUT2D eigenvalue weighted by Gasteiger charge is 2.50. The molecule has 14 atom stereocenters. The highest BCUT2D eigenvalue weighted by molar-refractivity contribution is 9.10. The van der Waals surface area contributed by atoms with E-state index in [4.69, 9.17) is 28.0 Å². The molecule has 5 aromatic rings. The number of hydrogen-bond acceptors (Lipinski definition) is 21. The molecule has 5 fully saturated rings. The van der Waals surface area contributed by atoms with Gasteiger partial charge in [0.15, 0.2) is 11.9 Å². The average molecular weight is 2010 g/mol. The Morgan fingerprint density at radius 3 is 1.70 bits per heavy atom. The lowest BCUT2D eigenvalue weighted by atomic mass is 9.84. The van der Waals surface area contributed by atoms with Gasteiger partial charge in [0.05, 0.1) is 24.9 Å². The largest absolute Gasteiger partial charge is 0.480 e. The third-order valence-electron chi connectivity index (χ3n) is 26.3. The van der Waals surface area contributed by atoms with Crippen LogP contribution in [-0.4, -0.2) is 277 Å². The Bertz CT molecular complexity index is 5100. The molecule has 44 heteroatoms. The third-order valence-corrected chi connectivity index (χ3v) is 26.9. The number of imidazole rings is 2. The molecule has 43 nitrogen and oxygen atoms in total. The maximum atomic E-state index is 15.3. The normalized spacial score (nSPS) is 18.8. The number of unbranched alkanes of at least 4 members (excludes halogenated alkanes) is 1. The maximum absolute atomic E-state index is 15.3. The molecule has 140 heavy (non-hydrogen) atoms. The van der Waals surface area contributed by atoms with Crippen LogP contribution in [0.4, 0.5) is 0 Å². The number of primary amides is 1. The van der Waals surface area contributed by atoms with E-state index in [1.807, 2.05) is 54.6 Å². The Morgan fingerprint density at radius 1 is 0.529 bits per heavy atom. The summed E-state index contributed by atoms with van der Waals surface area (Å²) in [5.41, 5.74) is 19.2. The zero-order chi connectivity index (χ0) is 101. The minimum absolute atomic E-state index is 0.000649. The summed E-state index contributed by atoms with van der Waals surface area (Å²) in [7, 11) is 0. The van der Waals surface area contributed by atoms with E-state index in [9.17, 15) is 57.8 Å². The molecule has 1 saturated carbocycles. The van der Waals surface area contributed by atoms with Crippen LogP contribution in [0.15, 0.2) is 108 Å². The van der Waals surface area contributed by atoms with Crippen molar-refractivity contribution in [2.75, 3.05) is 52.4 Å². The highest BCUT2D eigenvalue weighted by atomic mass is 79.9. The van der Waals surface area contributed by atoms with Gasteiger partial charge in [0, 0.05) is 93.4 Å². The van der Waals surface area contributed by atoms with Crippen molar-refractivity contribution in [2.24, 2.45) is 40.4 Å². The molecule has 3 aromatic carbocycles. The standard InChI is InChI=1S/C96H137BrN26O17/c1-55(2)44-69(116-82(128)66(20-13-38-108-95(101)102)113-86(132)75-22-14-42-121(75)89(135)68(19-11-12-37-107-94(99)100)114-83(129)67(32-33-78(98)124)120-93(140)96(4,5)92(139)106-41-36-64-50-104-53-110-64)84(130)112-56(3)80(126)115-71(49-65-51-105-54-111-65)85(131)117-70(45-59-34-39-103-40-35-59)81(127)109-52-79(125)123-74-21-10-9-18-62(74)48-77(123)88(134)118-72(46-58-26-30-63(97)31-27-58)90(136)122-43-15-23-76(122)87(133)119-73(91(137)138)47-57-24-28-61(29-25-57)60-16-7-6-8-17-60/h6-8,16-17,24-31,50-51,53-56,59,62,66-77,103H,9-15,18-23,32-49,52H2,1-5H3,(H2,98,124)(H,104,110)(H,105,111)(H,106,139)(H,109,127)(H,112,130)(H,113,132)(H,114,129)(H,115,126)(H,116,128)(H,117,131)(H,118,134)(H,119,133)(H,120,140)(H,137,138)(H4,99,100,107)(H4,101,102,108)/t56-,62+,66-,67+,68+,69+,70+,71+,72+,73-,74+,75+,76+,77+/m1/s1. The molecule has 4 aliphatic heterocycles. The fourth-order valence-corrected chi connectivity index (χ4v) is 18.9. The Hall–Kier alpha value is -13.4. The summed E-state index contributed by atoms with van der Waals surface area (Å²) in [6, 6.07) is 7.78. The number of aromatic nitrogens is 4. The number of hydrogen-bond donors (Lipinski definition) is 22. The van der Waals surface area contributed by atoms with E-state index in [0.717, 1.165) is 34.1 Å². The van der Waals surface area contributed by atoms with Gasteiger partial charge in [0.1, 0.15) is 77.9 Å². The molecule has 4 saturated heterocycles. The van der Waals surface area contributed by atoms with E-state index >= 15 is 24.0 Å². The second-order valence-electron chi connectivity index (χ2n) is 37.7. The first kappa shape index (κ1) is 109. The molecule has 0 bridgehead atoms. The number of amides is 15. The molecule has 760 valence electrons. The first-order valence-corrected chi connectivity index (χ1v) is 49.1. The number of nitrogens with two attached hydrogens (primary N) is 3. The van der Waals surface area contributed by atoms with Gasteiger partial charge < -0.3 is 121 Å². The van der Waals surface area contributed by atoms with Gasteiger partial charge in [0.2, 0.25) is 88.6 Å². The summed E-state index contributed by atoms with van der Waals surface area (Å²) in [6.07, 6.45) is 11.1. The van der Waals surface area contributed by atoms with Crippen molar-refractivity contribution in [3.05, 3.63) is 131 Å². The number of benzene rings is 3. The van der Waals surface area contributed by atoms with Crippen LogP contribution in [0.25, 0.3) is 11.1 Å². The lowest BCUT2D eigenvalue weighted by Crippen LogP contribution is -2.60. The van der Waals surface area contributed by atoms with Crippen LogP contribution in [0.1, 0.15) is 186 Å². The Balaban J connectivity index is 0.798. The molecule has 15 amide bonds. The SMILES string of the molecule is CC(C)C[C@H](NC(=O)[C@@H](CCCNC(=N)N)NC(=O)[C@@H]1CCCN1C(=O)[C@H](CCCCNC(=N)N)NC(=O)[C@H](CCC(N)=O)NC(=O)C(C)(C)C(=O)NCCc1cnc[nH]1)C(=O)N[C@H](C)C(=O)N[C@@H](Cc1c[nH]cn1)C(=O)N[C@@H](CC1CCNCC1)C(=O)NCC(=O)N1[C@H](C(=O)N[C@@H](Cc2ccc(Br)cc2)C(=O)N2CCC[C@H]2C(=O)N[C@H](Cc2ccc(-c3ccccc3)cc2)C(=O)O)C[C@@H]2CCCC[C@@H]21. The number of aromatic amines is 2. The van der Waals surface area contributed by atoms with Crippen molar-refractivity contribution in [3.63, 3.8) is 0 Å². The predicted octanol–water partition coefficient (Wildman–Crippen LogP) is 0.319. The quantitative estimate of drug-likeness (QED) is 0.0108. The number of rotatable bonds is 51. The molecule has 5 aliphatic rings. The van der Waals surface area contributed by atoms with E-state index in [1.165, 1.54) is 54.3 Å². The smallest absolute Gasteiger partial charge is 0.326 e. The minimum atomic E-state index is -1.77. The number of halogens is 1. The van der Waals surface area contributed by atoms with Gasteiger partial charge in [-0.25, -0.2) is 14.8 Å². The van der Waals surface area contributed by atoms with Gasteiger partial charge in [-0.3, -0.25) is 82.7 Å². The molecule has 6 heterocycles. The van der Waals surface area contributed by atoms with E-state index in [2.05, 4.69) is 110 Å².